The zero-order chi connectivity index (χ0) is 46.0. The van der Waals surface area contributed by atoms with Crippen molar-refractivity contribution in [2.75, 3.05) is 75.8 Å². The number of nitrogens with zero attached hydrogens (tertiary/aromatic N) is 7. The van der Waals surface area contributed by atoms with Gasteiger partial charge in [-0.25, -0.2) is 24.1 Å². The van der Waals surface area contributed by atoms with E-state index in [9.17, 15) is 24.3 Å². The molecular formula is C47H53ClFN9O7. The number of benzene rings is 2. The van der Waals surface area contributed by atoms with E-state index in [1.54, 1.807) is 42.3 Å². The number of piperazine rings is 1. The molecule has 342 valence electrons. The number of ketones is 1. The monoisotopic (exact) mass is 909 g/mol. The Morgan fingerprint density at radius 3 is 2.48 bits per heavy atom. The third kappa shape index (κ3) is 10.7. The van der Waals surface area contributed by atoms with Crippen molar-refractivity contribution in [1.82, 2.24) is 34.6 Å². The number of aliphatic hydroxyl groups is 1. The minimum Gasteiger partial charge on any atom is -0.484 e. The molecular weight excluding hydrogens is 857 g/mol. The fraction of sp³-hybridized carbons (Fsp3) is 0.426. The molecule has 5 aromatic rings. The van der Waals surface area contributed by atoms with Crippen LogP contribution in [0.15, 0.2) is 61.1 Å². The minimum absolute atomic E-state index is 0.0911. The van der Waals surface area contributed by atoms with Crippen LogP contribution in [0.25, 0.3) is 33.5 Å². The number of ether oxygens (including phenoxy) is 2. The molecule has 4 amide bonds. The number of aromatic nitrogens is 4. The van der Waals surface area contributed by atoms with Gasteiger partial charge >= 0.3 is 6.03 Å². The number of H-pyrrole nitrogens is 1. The highest BCUT2D eigenvalue weighted by atomic mass is 35.5. The number of rotatable bonds is 13. The van der Waals surface area contributed by atoms with E-state index in [1.807, 2.05) is 32.9 Å². The number of carbonyl (C=O) groups is 4. The number of amides is 4. The van der Waals surface area contributed by atoms with Crippen molar-refractivity contribution >= 4 is 57.6 Å². The Balaban J connectivity index is 0.797. The van der Waals surface area contributed by atoms with Gasteiger partial charge in [0.1, 0.15) is 34.9 Å². The first-order valence-corrected chi connectivity index (χ1v) is 22.1. The number of piperidine rings is 1. The largest absolute Gasteiger partial charge is 0.484 e. The molecule has 3 N–H and O–H groups in total. The number of aromatic amines is 1. The number of hydrogen-bond donors (Lipinski definition) is 3. The van der Waals surface area contributed by atoms with E-state index in [0.717, 1.165) is 37.3 Å². The van der Waals surface area contributed by atoms with Crippen LogP contribution in [0.1, 0.15) is 52.0 Å². The molecule has 6 heterocycles. The van der Waals surface area contributed by atoms with Crippen molar-refractivity contribution in [2.24, 2.45) is 5.41 Å². The van der Waals surface area contributed by atoms with Gasteiger partial charge in [0.2, 0.25) is 11.8 Å². The van der Waals surface area contributed by atoms with Crippen LogP contribution in [-0.2, 0) is 14.4 Å². The molecule has 8 rings (SSSR count). The second-order valence-corrected chi connectivity index (χ2v) is 18.7. The summed E-state index contributed by atoms with van der Waals surface area (Å²) in [5, 5.41) is 14.7. The lowest BCUT2D eigenvalue weighted by atomic mass is 9.78. The maximum Gasteiger partial charge on any atom is 0.322 e. The number of Topliss-reactive ketones (excluding diaryl/α,β-unsaturated/α-hetero) is 1. The molecule has 3 saturated heterocycles. The van der Waals surface area contributed by atoms with Gasteiger partial charge in [-0.05, 0) is 67.1 Å². The normalized spacial score (nSPS) is 16.8. The molecule has 0 aliphatic carbocycles. The molecule has 18 heteroatoms. The van der Waals surface area contributed by atoms with E-state index in [1.165, 1.54) is 28.3 Å². The number of urea groups is 1. The Labute approximate surface area is 381 Å². The smallest absolute Gasteiger partial charge is 0.322 e. The van der Waals surface area contributed by atoms with Crippen LogP contribution < -0.4 is 19.7 Å². The van der Waals surface area contributed by atoms with E-state index >= 15 is 4.39 Å². The molecule has 0 saturated carbocycles. The van der Waals surface area contributed by atoms with Crippen LogP contribution >= 0.6 is 11.6 Å². The first kappa shape index (κ1) is 45.4. The minimum atomic E-state index is -0.943. The first-order valence-electron chi connectivity index (χ1n) is 21.8. The van der Waals surface area contributed by atoms with Crippen molar-refractivity contribution in [3.8, 4) is 34.1 Å². The number of β-amino-alcohol motifs (C(OH)–C–C–N with tert-alkyl or cyclic N) is 1. The average molecular weight is 910 g/mol. The summed E-state index contributed by atoms with van der Waals surface area (Å²) >= 11 is 6.35. The summed E-state index contributed by atoms with van der Waals surface area (Å²) in [7, 11) is 0. The van der Waals surface area contributed by atoms with Gasteiger partial charge in [-0.15, -0.1) is 0 Å². The number of likely N-dealkylation sites (tertiary alicyclic amines) is 1. The third-order valence-electron chi connectivity index (χ3n) is 11.9. The molecule has 3 aromatic heterocycles. The lowest BCUT2D eigenvalue weighted by Gasteiger charge is -2.48. The molecule has 16 nitrogen and oxygen atoms in total. The Hall–Kier alpha value is -6.17. The van der Waals surface area contributed by atoms with Crippen molar-refractivity contribution in [2.45, 2.75) is 59.0 Å². The van der Waals surface area contributed by atoms with Crippen molar-refractivity contribution in [3.63, 3.8) is 0 Å². The molecule has 0 bridgehead atoms. The maximum absolute atomic E-state index is 15.1. The fourth-order valence-electron chi connectivity index (χ4n) is 8.77. The van der Waals surface area contributed by atoms with Crippen LogP contribution in [0.4, 0.5) is 20.6 Å². The van der Waals surface area contributed by atoms with Crippen molar-refractivity contribution < 1.29 is 38.1 Å². The van der Waals surface area contributed by atoms with Crippen molar-refractivity contribution in [1.29, 1.82) is 0 Å². The van der Waals surface area contributed by atoms with E-state index in [4.69, 9.17) is 21.1 Å². The maximum atomic E-state index is 15.1. The molecule has 3 aliphatic rings. The molecule has 0 spiro atoms. The van der Waals surface area contributed by atoms with E-state index in [0.29, 0.717) is 82.0 Å². The second-order valence-electron chi connectivity index (χ2n) is 18.3. The zero-order valence-corrected chi connectivity index (χ0v) is 37.7. The molecule has 3 aliphatic heterocycles. The molecule has 0 atom stereocenters. The summed E-state index contributed by atoms with van der Waals surface area (Å²) in [4.78, 5) is 74.1. The second kappa shape index (κ2) is 18.7. The molecule has 3 fully saturated rings. The topological polar surface area (TPSA) is 186 Å². The Kier molecular flexibility index (Phi) is 13.1. The standard InChI is InChI=1S/C47H53ClFN9O7/c1-29-34(18-31(49)19-37(29)54-45(62)57-26-47(63,27-57)25-46(2,3)4)43-35-22-38(53-44(35)52-28-51-43)30-6-9-40(50-23-30)64-17-5-11-55-13-15-56(16-14-55)42(61)24-65-33-7-8-36(48)39(21-33)58-12-10-32(59)20-41(58)60/h6-9,18-19,21-23,28,63H,5,10-17,20,24-27H2,1-4H3,(H,54,62)(H,51,52,53). The van der Waals surface area contributed by atoms with Crippen molar-refractivity contribution in [3.05, 3.63) is 77.5 Å². The van der Waals surface area contributed by atoms with Gasteiger partial charge in [0.05, 0.1) is 42.5 Å². The first-order chi connectivity index (χ1) is 31.0. The summed E-state index contributed by atoms with van der Waals surface area (Å²) in [5.41, 5.74) is 3.46. The number of hydrogen-bond acceptors (Lipinski definition) is 11. The van der Waals surface area contributed by atoms with Gasteiger partial charge in [0, 0.05) is 91.9 Å². The number of carbonyl (C=O) groups excluding carboxylic acids is 4. The highest BCUT2D eigenvalue weighted by Crippen LogP contribution is 2.37. The van der Waals surface area contributed by atoms with Crippen LogP contribution in [0.2, 0.25) is 5.02 Å². The molecule has 65 heavy (non-hydrogen) atoms. The van der Waals surface area contributed by atoms with Gasteiger partial charge in [0.25, 0.3) is 5.91 Å². The van der Waals surface area contributed by atoms with E-state index < -0.39 is 17.4 Å². The van der Waals surface area contributed by atoms with Crippen LogP contribution in [0.5, 0.6) is 11.6 Å². The lowest BCUT2D eigenvalue weighted by Crippen LogP contribution is -2.65. The molecule has 0 unspecified atom stereocenters. The number of fused-ring (bicyclic) bond motifs is 1. The average Bonchev–Trinajstić information content (AvgIpc) is 3.70. The zero-order valence-electron chi connectivity index (χ0n) is 37.0. The van der Waals surface area contributed by atoms with Crippen LogP contribution in [0.3, 0.4) is 0 Å². The van der Waals surface area contributed by atoms with Gasteiger partial charge in [-0.3, -0.25) is 19.3 Å². The number of halogens is 2. The summed E-state index contributed by atoms with van der Waals surface area (Å²) in [6.45, 7) is 12.3. The SMILES string of the molecule is Cc1c(NC(=O)N2CC(O)(CC(C)(C)C)C2)cc(F)cc1-c1ncnc2[nH]c(-c3ccc(OCCCN4CCN(C(=O)COc5ccc(Cl)c(N6CCC(=O)CC6=O)c5)CC4)nc3)cc12. The third-order valence-corrected chi connectivity index (χ3v) is 12.2. The predicted molar refractivity (Wildman–Crippen MR) is 244 cm³/mol. The van der Waals surface area contributed by atoms with E-state index in [2.05, 4.69) is 30.2 Å². The molecule has 0 radical (unpaired) electrons. The van der Waals surface area contributed by atoms with Gasteiger partial charge in [-0.2, -0.15) is 0 Å². The van der Waals surface area contributed by atoms with E-state index in [-0.39, 0.29) is 62.1 Å². The highest BCUT2D eigenvalue weighted by Gasteiger charge is 2.46. The van der Waals surface area contributed by atoms with Crippen LogP contribution in [0, 0.1) is 18.2 Å². The highest BCUT2D eigenvalue weighted by molar-refractivity contribution is 6.34. The summed E-state index contributed by atoms with van der Waals surface area (Å²) in [5.74, 6) is -0.170. The van der Waals surface area contributed by atoms with Gasteiger partial charge < -0.3 is 39.6 Å². The van der Waals surface area contributed by atoms with Gasteiger partial charge in [-0.1, -0.05) is 32.4 Å². The van der Waals surface area contributed by atoms with Gasteiger partial charge in [0.15, 0.2) is 6.61 Å². The Morgan fingerprint density at radius 1 is 0.969 bits per heavy atom. The fourth-order valence-corrected chi connectivity index (χ4v) is 8.99. The molecule has 2 aromatic carbocycles. The Bertz CT molecular complexity index is 2600. The lowest BCUT2D eigenvalue weighted by molar-refractivity contribution is -0.135. The Morgan fingerprint density at radius 2 is 1.75 bits per heavy atom. The number of pyridine rings is 1. The number of nitrogens with one attached hydrogen (secondary N) is 2. The summed E-state index contributed by atoms with van der Waals surface area (Å²) < 4.78 is 26.9. The quantitative estimate of drug-likeness (QED) is 0.0866. The number of anilines is 2. The van der Waals surface area contributed by atoms with Crippen LogP contribution in [-0.4, -0.2) is 135 Å². The predicted octanol–water partition coefficient (Wildman–Crippen LogP) is 6.49. The summed E-state index contributed by atoms with van der Waals surface area (Å²) in [6.07, 6.45) is 4.56. The summed E-state index contributed by atoms with van der Waals surface area (Å²) in [6, 6.07) is 12.8.